The number of benzene rings is 1. The average molecular weight is 308 g/mol. The summed E-state index contributed by atoms with van der Waals surface area (Å²) < 4.78 is 5.54. The fraction of sp³-hybridized carbons (Fsp3) is 0.438. The van der Waals surface area contributed by atoms with Gasteiger partial charge in [0.25, 0.3) is 0 Å². The standard InChI is InChI=1S/C16H18ClNO3/c17-12-4-5-15-14(7-12)16(20)11(10-21-15)8-18-6-2-1-3-13(18)9-19/h4-5,7,10,13,19H,1-3,6,8-9H2/t13-/m1/s1. The van der Waals surface area contributed by atoms with Crippen LogP contribution in [0.3, 0.4) is 0 Å². The summed E-state index contributed by atoms with van der Waals surface area (Å²) in [5.41, 5.74) is 1.12. The number of fused-ring (bicyclic) bond motifs is 1. The quantitative estimate of drug-likeness (QED) is 0.947. The number of likely N-dealkylation sites (tertiary alicyclic amines) is 1. The Morgan fingerprint density at radius 1 is 1.38 bits per heavy atom. The Balaban J connectivity index is 1.93. The summed E-state index contributed by atoms with van der Waals surface area (Å²) in [5, 5.41) is 10.5. The number of rotatable bonds is 3. The molecule has 1 aromatic carbocycles. The van der Waals surface area contributed by atoms with Crippen LogP contribution in [0.2, 0.25) is 5.02 Å². The lowest BCUT2D eigenvalue weighted by Crippen LogP contribution is -2.42. The molecule has 0 unspecified atom stereocenters. The summed E-state index contributed by atoms with van der Waals surface area (Å²) in [4.78, 5) is 14.7. The maximum absolute atomic E-state index is 12.5. The van der Waals surface area contributed by atoms with Gasteiger partial charge in [0.2, 0.25) is 0 Å². The van der Waals surface area contributed by atoms with Crippen molar-refractivity contribution in [1.82, 2.24) is 4.90 Å². The fourth-order valence-corrected chi connectivity index (χ4v) is 3.12. The second kappa shape index (κ2) is 6.18. The molecule has 21 heavy (non-hydrogen) atoms. The molecule has 2 heterocycles. The van der Waals surface area contributed by atoms with E-state index in [0.717, 1.165) is 25.8 Å². The molecule has 1 atom stereocenters. The highest BCUT2D eigenvalue weighted by Crippen LogP contribution is 2.21. The minimum atomic E-state index is -0.0407. The monoisotopic (exact) mass is 307 g/mol. The van der Waals surface area contributed by atoms with Gasteiger partial charge in [-0.15, -0.1) is 0 Å². The first kappa shape index (κ1) is 14.6. The van der Waals surface area contributed by atoms with Crippen molar-refractivity contribution in [3.63, 3.8) is 0 Å². The molecule has 5 heteroatoms. The van der Waals surface area contributed by atoms with E-state index >= 15 is 0 Å². The summed E-state index contributed by atoms with van der Waals surface area (Å²) >= 11 is 5.96. The van der Waals surface area contributed by atoms with Crippen LogP contribution < -0.4 is 5.43 Å². The normalized spacial score (nSPS) is 20.0. The molecule has 1 aliphatic rings. The molecule has 0 radical (unpaired) electrons. The smallest absolute Gasteiger partial charge is 0.197 e. The van der Waals surface area contributed by atoms with Crippen molar-refractivity contribution in [2.45, 2.75) is 31.8 Å². The second-order valence-electron chi connectivity index (χ2n) is 5.53. The van der Waals surface area contributed by atoms with E-state index in [2.05, 4.69) is 4.90 Å². The number of hydrogen-bond donors (Lipinski definition) is 1. The fourth-order valence-electron chi connectivity index (χ4n) is 2.95. The van der Waals surface area contributed by atoms with Crippen molar-refractivity contribution in [3.05, 3.63) is 45.3 Å². The van der Waals surface area contributed by atoms with Crippen molar-refractivity contribution in [2.75, 3.05) is 13.2 Å². The molecule has 4 nitrogen and oxygen atoms in total. The molecule has 3 rings (SSSR count). The first-order valence-electron chi connectivity index (χ1n) is 7.24. The predicted octanol–water partition coefficient (Wildman–Crippen LogP) is 2.79. The maximum atomic E-state index is 12.5. The van der Waals surface area contributed by atoms with Crippen molar-refractivity contribution in [3.8, 4) is 0 Å². The highest BCUT2D eigenvalue weighted by Gasteiger charge is 2.23. The van der Waals surface area contributed by atoms with Crippen LogP contribution in [0.1, 0.15) is 24.8 Å². The summed E-state index contributed by atoms with van der Waals surface area (Å²) in [5.74, 6) is 0. The molecule has 0 aliphatic carbocycles. The lowest BCUT2D eigenvalue weighted by atomic mass is 10.0. The van der Waals surface area contributed by atoms with Gasteiger partial charge in [-0.25, -0.2) is 0 Å². The summed E-state index contributed by atoms with van der Waals surface area (Å²) in [6, 6.07) is 5.19. The Morgan fingerprint density at radius 3 is 3.05 bits per heavy atom. The van der Waals surface area contributed by atoms with Crippen LogP contribution in [-0.2, 0) is 6.54 Å². The molecule has 1 fully saturated rings. The minimum Gasteiger partial charge on any atom is -0.464 e. The van der Waals surface area contributed by atoms with Gasteiger partial charge in [-0.1, -0.05) is 18.0 Å². The molecule has 0 saturated carbocycles. The Bertz CT molecular complexity index is 697. The van der Waals surface area contributed by atoms with Crippen LogP contribution in [0.25, 0.3) is 11.0 Å². The van der Waals surface area contributed by atoms with E-state index in [-0.39, 0.29) is 18.1 Å². The highest BCUT2D eigenvalue weighted by molar-refractivity contribution is 6.31. The van der Waals surface area contributed by atoms with Gasteiger partial charge in [0.05, 0.1) is 18.3 Å². The molecule has 0 spiro atoms. The lowest BCUT2D eigenvalue weighted by Gasteiger charge is -2.34. The topological polar surface area (TPSA) is 53.7 Å². The highest BCUT2D eigenvalue weighted by atomic mass is 35.5. The summed E-state index contributed by atoms with van der Waals surface area (Å²) in [7, 11) is 0. The number of piperidine rings is 1. The van der Waals surface area contributed by atoms with E-state index in [0.29, 0.717) is 28.1 Å². The van der Waals surface area contributed by atoms with Crippen molar-refractivity contribution < 1.29 is 9.52 Å². The molecule has 0 bridgehead atoms. The molecule has 0 amide bonds. The molecule has 112 valence electrons. The van der Waals surface area contributed by atoms with Crippen molar-refractivity contribution in [1.29, 1.82) is 0 Å². The van der Waals surface area contributed by atoms with Gasteiger partial charge in [0.15, 0.2) is 5.43 Å². The Kier molecular flexibility index (Phi) is 4.29. The molecule has 1 N–H and O–H groups in total. The molecule has 1 aliphatic heterocycles. The molecular formula is C16H18ClNO3. The molecule has 1 aromatic heterocycles. The summed E-state index contributed by atoms with van der Waals surface area (Å²) in [6.45, 7) is 1.54. The van der Waals surface area contributed by atoms with Gasteiger partial charge in [0, 0.05) is 23.2 Å². The zero-order valence-corrected chi connectivity index (χ0v) is 12.5. The van der Waals surface area contributed by atoms with Crippen LogP contribution >= 0.6 is 11.6 Å². The minimum absolute atomic E-state index is 0.0407. The molecule has 2 aromatic rings. The van der Waals surface area contributed by atoms with E-state index in [9.17, 15) is 9.90 Å². The van der Waals surface area contributed by atoms with E-state index in [1.54, 1.807) is 18.2 Å². The predicted molar refractivity (Wildman–Crippen MR) is 82.6 cm³/mol. The Labute approximate surface area is 127 Å². The maximum Gasteiger partial charge on any atom is 0.197 e. The number of aliphatic hydroxyl groups excluding tert-OH is 1. The second-order valence-corrected chi connectivity index (χ2v) is 5.97. The van der Waals surface area contributed by atoms with Crippen molar-refractivity contribution >= 4 is 22.6 Å². The van der Waals surface area contributed by atoms with E-state index in [1.165, 1.54) is 6.26 Å². The van der Waals surface area contributed by atoms with Crippen LogP contribution in [0, 0.1) is 0 Å². The van der Waals surface area contributed by atoms with Gasteiger partial charge < -0.3 is 9.52 Å². The van der Waals surface area contributed by atoms with Crippen molar-refractivity contribution in [2.24, 2.45) is 0 Å². The third-order valence-corrected chi connectivity index (χ3v) is 4.37. The largest absolute Gasteiger partial charge is 0.464 e. The van der Waals surface area contributed by atoms with E-state index in [1.807, 2.05) is 0 Å². The van der Waals surface area contributed by atoms with Gasteiger partial charge in [-0.3, -0.25) is 9.69 Å². The van der Waals surface area contributed by atoms with Crippen LogP contribution in [-0.4, -0.2) is 29.2 Å². The number of nitrogens with zero attached hydrogens (tertiary/aromatic N) is 1. The first-order valence-corrected chi connectivity index (χ1v) is 7.61. The van der Waals surface area contributed by atoms with E-state index in [4.69, 9.17) is 16.0 Å². The van der Waals surface area contributed by atoms with Gasteiger partial charge >= 0.3 is 0 Å². The third kappa shape index (κ3) is 2.98. The van der Waals surface area contributed by atoms with Gasteiger partial charge in [-0.05, 0) is 37.6 Å². The third-order valence-electron chi connectivity index (χ3n) is 4.14. The number of halogens is 1. The lowest BCUT2D eigenvalue weighted by molar-refractivity contribution is 0.0835. The SMILES string of the molecule is O=c1c(CN2CCCC[C@@H]2CO)coc2ccc(Cl)cc12. The van der Waals surface area contributed by atoms with Crippen LogP contribution in [0.4, 0.5) is 0 Å². The average Bonchev–Trinajstić information content (AvgIpc) is 2.51. The first-order chi connectivity index (χ1) is 10.2. The van der Waals surface area contributed by atoms with Gasteiger partial charge in [0.1, 0.15) is 5.58 Å². The van der Waals surface area contributed by atoms with Crippen LogP contribution in [0.5, 0.6) is 0 Å². The summed E-state index contributed by atoms with van der Waals surface area (Å²) in [6.07, 6.45) is 4.73. The Hall–Kier alpha value is -1.36. The zero-order chi connectivity index (χ0) is 14.8. The Morgan fingerprint density at radius 2 is 2.24 bits per heavy atom. The van der Waals surface area contributed by atoms with E-state index < -0.39 is 0 Å². The van der Waals surface area contributed by atoms with Crippen LogP contribution in [0.15, 0.2) is 33.7 Å². The number of aliphatic hydroxyl groups is 1. The molecule has 1 saturated heterocycles. The number of hydrogen-bond acceptors (Lipinski definition) is 4. The zero-order valence-electron chi connectivity index (χ0n) is 11.7. The van der Waals surface area contributed by atoms with Gasteiger partial charge in [-0.2, -0.15) is 0 Å². The molecular weight excluding hydrogens is 290 g/mol.